The molecule has 0 bridgehead atoms. The molecule has 0 radical (unpaired) electrons. The lowest BCUT2D eigenvalue weighted by molar-refractivity contribution is -0.123. The van der Waals surface area contributed by atoms with Crippen molar-refractivity contribution in [3.63, 3.8) is 0 Å². The lowest BCUT2D eigenvalue weighted by Crippen LogP contribution is -2.38. The van der Waals surface area contributed by atoms with Gasteiger partial charge in [0.1, 0.15) is 0 Å². The molecule has 1 aliphatic rings. The van der Waals surface area contributed by atoms with E-state index in [0.29, 0.717) is 0 Å². The molecule has 5 nitrogen and oxygen atoms in total. The molecule has 0 spiro atoms. The van der Waals surface area contributed by atoms with Crippen molar-refractivity contribution in [3.05, 3.63) is 12.4 Å². The summed E-state index contributed by atoms with van der Waals surface area (Å²) in [6.07, 6.45) is 7.42. The zero-order chi connectivity index (χ0) is 12.4. The minimum atomic E-state index is 0. The van der Waals surface area contributed by atoms with E-state index in [9.17, 15) is 4.79 Å². The van der Waals surface area contributed by atoms with E-state index in [1.807, 2.05) is 13.2 Å². The van der Waals surface area contributed by atoms with E-state index in [-0.39, 0.29) is 42.7 Å². The zero-order valence-corrected chi connectivity index (χ0v) is 12.9. The van der Waals surface area contributed by atoms with Crippen LogP contribution in [0.1, 0.15) is 25.7 Å². The first-order chi connectivity index (χ1) is 8.08. The molecule has 110 valence electrons. The van der Waals surface area contributed by atoms with Crippen LogP contribution >= 0.6 is 24.8 Å². The second-order valence-corrected chi connectivity index (χ2v) is 4.89. The zero-order valence-electron chi connectivity index (χ0n) is 11.3. The summed E-state index contributed by atoms with van der Waals surface area (Å²) >= 11 is 0. The molecule has 19 heavy (non-hydrogen) atoms. The van der Waals surface area contributed by atoms with Crippen molar-refractivity contribution in [1.29, 1.82) is 0 Å². The van der Waals surface area contributed by atoms with E-state index in [2.05, 4.69) is 5.10 Å². The monoisotopic (exact) mass is 308 g/mol. The van der Waals surface area contributed by atoms with Gasteiger partial charge in [-0.15, -0.1) is 24.8 Å². The quantitative estimate of drug-likeness (QED) is 0.905. The Hall–Kier alpha value is -0.780. The van der Waals surface area contributed by atoms with E-state index in [0.717, 1.165) is 31.4 Å². The average molecular weight is 309 g/mol. The summed E-state index contributed by atoms with van der Waals surface area (Å²) in [5.74, 6) is 0.233. The summed E-state index contributed by atoms with van der Waals surface area (Å²) in [7, 11) is 3.65. The summed E-state index contributed by atoms with van der Waals surface area (Å²) < 4.78 is 1.70. The first-order valence-corrected chi connectivity index (χ1v) is 6.09. The number of amides is 1. The Morgan fingerprint density at radius 2 is 2.16 bits per heavy atom. The number of nitrogens with two attached hydrogens (primary N) is 1. The van der Waals surface area contributed by atoms with Crippen molar-refractivity contribution in [2.45, 2.75) is 31.7 Å². The second-order valence-electron chi connectivity index (χ2n) is 4.89. The highest BCUT2D eigenvalue weighted by atomic mass is 35.5. The van der Waals surface area contributed by atoms with E-state index in [1.54, 1.807) is 22.8 Å². The van der Waals surface area contributed by atoms with Gasteiger partial charge in [-0.05, 0) is 19.3 Å². The van der Waals surface area contributed by atoms with Crippen molar-refractivity contribution >= 4 is 36.4 Å². The maximum atomic E-state index is 12.3. The van der Waals surface area contributed by atoms with Gasteiger partial charge in [0.25, 0.3) is 0 Å². The largest absolute Gasteiger partial charge is 0.328 e. The smallest absolute Gasteiger partial charge is 0.229 e. The highest BCUT2D eigenvalue weighted by Gasteiger charge is 2.28. The van der Waals surface area contributed by atoms with Crippen LogP contribution in [0.4, 0.5) is 5.69 Å². The molecule has 0 saturated heterocycles. The third kappa shape index (κ3) is 4.37. The molecule has 1 saturated carbocycles. The van der Waals surface area contributed by atoms with Crippen LogP contribution in [0.2, 0.25) is 0 Å². The van der Waals surface area contributed by atoms with Gasteiger partial charge in [0.15, 0.2) is 0 Å². The third-order valence-corrected chi connectivity index (χ3v) is 3.47. The maximum Gasteiger partial charge on any atom is 0.229 e. The van der Waals surface area contributed by atoms with Gasteiger partial charge in [-0.25, -0.2) is 0 Å². The fraction of sp³-hybridized carbons (Fsp3) is 0.667. The normalized spacial score (nSPS) is 22.1. The molecule has 0 aliphatic heterocycles. The van der Waals surface area contributed by atoms with Crippen molar-refractivity contribution < 1.29 is 4.79 Å². The van der Waals surface area contributed by atoms with Gasteiger partial charge in [0.2, 0.25) is 5.91 Å². The van der Waals surface area contributed by atoms with Crippen molar-refractivity contribution in [1.82, 2.24) is 9.78 Å². The molecule has 0 aromatic carbocycles. The van der Waals surface area contributed by atoms with Crippen LogP contribution < -0.4 is 10.6 Å². The number of halogens is 2. The maximum absolute atomic E-state index is 12.3. The molecule has 1 aromatic rings. The number of aryl methyl sites for hydroxylation is 1. The van der Waals surface area contributed by atoms with Crippen LogP contribution in [0, 0.1) is 5.92 Å². The molecule has 1 aliphatic carbocycles. The van der Waals surface area contributed by atoms with E-state index in [1.165, 1.54) is 0 Å². The SMILES string of the molecule is CN(C(=O)C1CCCC(N)C1)c1cnn(C)c1.Cl.Cl. The Morgan fingerprint density at radius 3 is 2.68 bits per heavy atom. The Kier molecular flexibility index (Phi) is 7.41. The van der Waals surface area contributed by atoms with Crippen LogP contribution in [-0.2, 0) is 11.8 Å². The highest BCUT2D eigenvalue weighted by molar-refractivity contribution is 5.94. The molecule has 1 aromatic heterocycles. The summed E-state index contributed by atoms with van der Waals surface area (Å²) in [5, 5.41) is 4.08. The second kappa shape index (κ2) is 7.72. The molecule has 1 amide bonds. The van der Waals surface area contributed by atoms with Gasteiger partial charge in [-0.3, -0.25) is 9.48 Å². The lowest BCUT2D eigenvalue weighted by Gasteiger charge is -2.28. The number of hydrogen-bond donors (Lipinski definition) is 1. The summed E-state index contributed by atoms with van der Waals surface area (Å²) in [5.41, 5.74) is 6.76. The minimum Gasteiger partial charge on any atom is -0.328 e. The molecule has 2 unspecified atom stereocenters. The number of hydrogen-bond acceptors (Lipinski definition) is 3. The van der Waals surface area contributed by atoms with Gasteiger partial charge < -0.3 is 10.6 Å². The van der Waals surface area contributed by atoms with E-state index >= 15 is 0 Å². The van der Waals surface area contributed by atoms with Gasteiger partial charge >= 0.3 is 0 Å². The fourth-order valence-electron chi connectivity index (χ4n) is 2.43. The summed E-state index contributed by atoms with van der Waals surface area (Å²) in [6, 6.07) is 0.181. The molecule has 1 fully saturated rings. The number of carbonyl (C=O) groups excluding carboxylic acids is 1. The van der Waals surface area contributed by atoms with Crippen LogP contribution in [0.5, 0.6) is 0 Å². The van der Waals surface area contributed by atoms with E-state index in [4.69, 9.17) is 5.73 Å². The average Bonchev–Trinajstić information content (AvgIpc) is 2.74. The number of nitrogens with zero attached hydrogens (tertiary/aromatic N) is 3. The van der Waals surface area contributed by atoms with Crippen LogP contribution in [-0.4, -0.2) is 28.8 Å². The van der Waals surface area contributed by atoms with Crippen LogP contribution in [0.3, 0.4) is 0 Å². The Bertz CT molecular complexity index is 410. The number of carbonyl (C=O) groups is 1. The summed E-state index contributed by atoms with van der Waals surface area (Å²) in [4.78, 5) is 14.0. The first kappa shape index (κ1) is 18.2. The van der Waals surface area contributed by atoms with Gasteiger partial charge in [0.05, 0.1) is 11.9 Å². The molecule has 1 heterocycles. The van der Waals surface area contributed by atoms with Crippen molar-refractivity contribution in [2.24, 2.45) is 18.7 Å². The topological polar surface area (TPSA) is 64.2 Å². The molecule has 2 N–H and O–H groups in total. The van der Waals surface area contributed by atoms with Gasteiger partial charge in [-0.2, -0.15) is 5.10 Å². The predicted molar refractivity (Wildman–Crippen MR) is 81.0 cm³/mol. The number of aromatic nitrogens is 2. The molecular formula is C12H22Cl2N4O. The standard InChI is InChI=1S/C12H20N4O.2ClH/c1-15-8-11(7-14-15)16(2)12(17)9-4-3-5-10(13)6-9;;/h7-10H,3-6,13H2,1-2H3;2*1H. The highest BCUT2D eigenvalue weighted by Crippen LogP contribution is 2.26. The van der Waals surface area contributed by atoms with Gasteiger partial charge in [0, 0.05) is 32.3 Å². The van der Waals surface area contributed by atoms with Crippen LogP contribution in [0.15, 0.2) is 12.4 Å². The number of anilines is 1. The Morgan fingerprint density at radius 1 is 1.47 bits per heavy atom. The van der Waals surface area contributed by atoms with Crippen LogP contribution in [0.25, 0.3) is 0 Å². The molecule has 2 rings (SSSR count). The Balaban J connectivity index is 0.00000162. The first-order valence-electron chi connectivity index (χ1n) is 6.09. The molecular weight excluding hydrogens is 287 g/mol. The predicted octanol–water partition coefficient (Wildman–Crippen LogP) is 1.74. The minimum absolute atomic E-state index is 0. The van der Waals surface area contributed by atoms with Crippen molar-refractivity contribution in [2.75, 3.05) is 11.9 Å². The molecule has 2 atom stereocenters. The summed E-state index contributed by atoms with van der Waals surface area (Å²) in [6.45, 7) is 0. The molecule has 7 heteroatoms. The van der Waals surface area contributed by atoms with Crippen molar-refractivity contribution in [3.8, 4) is 0 Å². The Labute approximate surface area is 126 Å². The van der Waals surface area contributed by atoms with Gasteiger partial charge in [-0.1, -0.05) is 6.42 Å². The fourth-order valence-corrected chi connectivity index (χ4v) is 2.43. The third-order valence-electron chi connectivity index (χ3n) is 3.47. The lowest BCUT2D eigenvalue weighted by atomic mass is 9.85. The number of rotatable bonds is 2. The van der Waals surface area contributed by atoms with E-state index < -0.39 is 0 Å².